The van der Waals surface area contributed by atoms with Gasteiger partial charge in [0.15, 0.2) is 0 Å². The van der Waals surface area contributed by atoms with Gasteiger partial charge in [0.1, 0.15) is 20.1 Å². The lowest BCUT2D eigenvalue weighted by Gasteiger charge is -2.20. The minimum absolute atomic E-state index is 0.909. The monoisotopic (exact) mass is 168 g/mol. The summed E-state index contributed by atoms with van der Waals surface area (Å²) in [5.74, 6) is 1.02. The molecular formula is C7H14NSi2. The molecule has 0 amide bonds. The smallest absolute Gasteiger partial charge is 0.132 e. The molecule has 1 saturated carbocycles. The number of hydrogen-bond acceptors (Lipinski definition) is 1. The van der Waals surface area contributed by atoms with Crippen molar-refractivity contribution in [3.8, 4) is 0 Å². The van der Waals surface area contributed by atoms with Crippen LogP contribution in [0.5, 0.6) is 0 Å². The molecular weight excluding hydrogens is 154 g/mol. The van der Waals surface area contributed by atoms with Crippen molar-refractivity contribution < 1.29 is 0 Å². The summed E-state index contributed by atoms with van der Waals surface area (Å²) in [7, 11) is 4.19. The molecule has 1 nitrogen and oxygen atoms in total. The Hall–Kier alpha value is 0.394. The molecule has 0 aliphatic heterocycles. The first kappa shape index (κ1) is 8.49. The molecule has 1 N–H and O–H groups in total. The van der Waals surface area contributed by atoms with Crippen molar-refractivity contribution in [3.63, 3.8) is 0 Å². The van der Waals surface area contributed by atoms with Gasteiger partial charge in [0, 0.05) is 0 Å². The van der Waals surface area contributed by atoms with Crippen LogP contribution in [-0.4, -0.2) is 20.1 Å². The van der Waals surface area contributed by atoms with E-state index < -0.39 is 0 Å². The molecule has 1 rings (SSSR count). The number of nitrogens with one attached hydrogen (secondary N) is 1. The van der Waals surface area contributed by atoms with Crippen molar-refractivity contribution in [2.45, 2.75) is 38.1 Å². The van der Waals surface area contributed by atoms with Crippen molar-refractivity contribution in [2.75, 3.05) is 0 Å². The van der Waals surface area contributed by atoms with E-state index in [1.807, 2.05) is 0 Å². The Morgan fingerprint density at radius 3 is 2.60 bits per heavy atom. The van der Waals surface area contributed by atoms with E-state index in [0.717, 1.165) is 15.6 Å². The van der Waals surface area contributed by atoms with E-state index in [-0.39, 0.29) is 0 Å². The summed E-state index contributed by atoms with van der Waals surface area (Å²) >= 11 is 0. The first-order valence-electron chi connectivity index (χ1n) is 4.08. The zero-order chi connectivity index (χ0) is 7.23. The van der Waals surface area contributed by atoms with Crippen LogP contribution in [0.15, 0.2) is 0 Å². The van der Waals surface area contributed by atoms with Crippen molar-refractivity contribution in [3.05, 3.63) is 0 Å². The molecule has 0 heterocycles. The molecule has 0 aromatic rings. The van der Waals surface area contributed by atoms with Gasteiger partial charge < -0.3 is 4.65 Å². The first-order valence-corrected chi connectivity index (χ1v) is 5.79. The van der Waals surface area contributed by atoms with E-state index in [0.29, 0.717) is 0 Å². The van der Waals surface area contributed by atoms with Crippen LogP contribution in [0.25, 0.3) is 0 Å². The van der Waals surface area contributed by atoms with E-state index in [1.165, 1.54) is 38.1 Å². The molecule has 0 atom stereocenters. The molecule has 1 aliphatic carbocycles. The van der Waals surface area contributed by atoms with Gasteiger partial charge in [-0.05, 0) is 12.0 Å². The Morgan fingerprint density at radius 2 is 2.00 bits per heavy atom. The minimum atomic E-state index is 0.909. The highest BCUT2D eigenvalue weighted by Crippen LogP contribution is 2.25. The summed E-state index contributed by atoms with van der Waals surface area (Å²) in [6, 6.07) is 1.38. The Morgan fingerprint density at radius 1 is 1.30 bits per heavy atom. The van der Waals surface area contributed by atoms with Crippen molar-refractivity contribution in [2.24, 2.45) is 5.92 Å². The number of hydrogen-bond donors (Lipinski definition) is 1. The van der Waals surface area contributed by atoms with Gasteiger partial charge in [-0.2, -0.15) is 0 Å². The quantitative estimate of drug-likeness (QED) is 0.626. The second kappa shape index (κ2) is 5.10. The van der Waals surface area contributed by atoms with Crippen LogP contribution in [0.3, 0.4) is 0 Å². The average molecular weight is 168 g/mol. The third kappa shape index (κ3) is 2.99. The van der Waals surface area contributed by atoms with Crippen LogP contribution in [0, 0.1) is 5.92 Å². The van der Waals surface area contributed by atoms with Crippen molar-refractivity contribution >= 4 is 20.1 Å². The van der Waals surface area contributed by atoms with E-state index in [4.69, 9.17) is 0 Å². The maximum Gasteiger partial charge on any atom is 0.132 e. The summed E-state index contributed by atoms with van der Waals surface area (Å²) in [6.45, 7) is 0. The summed E-state index contributed by atoms with van der Waals surface area (Å²) in [5, 5.41) is 0. The average Bonchev–Trinajstić information content (AvgIpc) is 2.03. The van der Waals surface area contributed by atoms with Crippen LogP contribution < -0.4 is 4.65 Å². The fourth-order valence-corrected chi connectivity index (χ4v) is 2.69. The van der Waals surface area contributed by atoms with E-state index in [9.17, 15) is 0 Å². The van der Waals surface area contributed by atoms with Gasteiger partial charge in [-0.1, -0.05) is 32.1 Å². The molecule has 0 aromatic heterocycles. The Labute approximate surface area is 69.4 Å². The van der Waals surface area contributed by atoms with Crippen LogP contribution in [0.4, 0.5) is 0 Å². The molecule has 10 heavy (non-hydrogen) atoms. The zero-order valence-electron chi connectivity index (χ0n) is 6.32. The second-order valence-corrected chi connectivity index (χ2v) is 4.77. The predicted octanol–water partition coefficient (Wildman–Crippen LogP) is 1.28. The summed E-state index contributed by atoms with van der Waals surface area (Å²) in [6.07, 6.45) is 7.36. The Kier molecular flexibility index (Phi) is 4.33. The topological polar surface area (TPSA) is 12.0 Å². The van der Waals surface area contributed by atoms with E-state index in [1.54, 1.807) is 0 Å². The van der Waals surface area contributed by atoms with E-state index >= 15 is 0 Å². The maximum atomic E-state index is 3.28. The molecule has 0 aromatic carbocycles. The fourth-order valence-electron chi connectivity index (χ4n) is 1.59. The molecule has 1 aliphatic rings. The van der Waals surface area contributed by atoms with Crippen LogP contribution >= 0.6 is 0 Å². The fraction of sp³-hybridized carbons (Fsp3) is 1.00. The van der Waals surface area contributed by atoms with Gasteiger partial charge in [-0.25, -0.2) is 0 Å². The third-order valence-corrected chi connectivity index (χ3v) is 3.69. The molecule has 55 valence electrons. The third-order valence-electron chi connectivity index (χ3n) is 2.20. The first-order chi connectivity index (χ1) is 4.93. The summed E-state index contributed by atoms with van der Waals surface area (Å²) in [4.78, 5) is 0. The molecule has 1 fully saturated rings. The predicted molar refractivity (Wildman–Crippen MR) is 46.0 cm³/mol. The molecule has 0 bridgehead atoms. The highest BCUT2D eigenvalue weighted by atomic mass is 28.3. The second-order valence-electron chi connectivity index (χ2n) is 3.01. The van der Waals surface area contributed by atoms with Gasteiger partial charge in [0.2, 0.25) is 0 Å². The van der Waals surface area contributed by atoms with Crippen LogP contribution in [-0.2, 0) is 0 Å². The summed E-state index contributed by atoms with van der Waals surface area (Å²) < 4.78 is 3.05. The number of rotatable bonds is 3. The molecule has 3 heteroatoms. The highest BCUT2D eigenvalue weighted by molar-refractivity contribution is 6.41. The van der Waals surface area contributed by atoms with Gasteiger partial charge in [-0.3, -0.25) is 0 Å². The normalized spacial score (nSPS) is 21.3. The highest BCUT2D eigenvalue weighted by Gasteiger charge is 2.12. The molecule has 0 saturated heterocycles. The SMILES string of the molecule is [Si]N[Si]CC1CCCCC1. The van der Waals surface area contributed by atoms with Gasteiger partial charge in [0.25, 0.3) is 0 Å². The van der Waals surface area contributed by atoms with Gasteiger partial charge in [0.05, 0.1) is 0 Å². The van der Waals surface area contributed by atoms with Crippen molar-refractivity contribution in [1.29, 1.82) is 0 Å². The standard InChI is InChI=1S/C7H14NSi2/c9-8-10-6-7-4-2-1-3-5-7/h7-8H,1-6H2. The summed E-state index contributed by atoms with van der Waals surface area (Å²) in [5.41, 5.74) is 0. The Balaban J connectivity index is 2.02. The minimum Gasteiger partial charge on any atom is -0.365 e. The lowest BCUT2D eigenvalue weighted by atomic mass is 9.91. The lowest BCUT2D eigenvalue weighted by Crippen LogP contribution is -2.19. The van der Waals surface area contributed by atoms with Gasteiger partial charge in [-0.15, -0.1) is 0 Å². The molecule has 0 unspecified atom stereocenters. The maximum absolute atomic E-state index is 3.28. The lowest BCUT2D eigenvalue weighted by molar-refractivity contribution is 0.384. The van der Waals surface area contributed by atoms with Gasteiger partial charge >= 0.3 is 0 Å². The molecule has 0 spiro atoms. The van der Waals surface area contributed by atoms with Crippen LogP contribution in [0.2, 0.25) is 6.04 Å². The van der Waals surface area contributed by atoms with Crippen molar-refractivity contribution in [1.82, 2.24) is 4.65 Å². The Bertz CT molecular complexity index is 81.7. The zero-order valence-corrected chi connectivity index (χ0v) is 8.32. The van der Waals surface area contributed by atoms with Crippen LogP contribution in [0.1, 0.15) is 32.1 Å². The molecule has 5 radical (unpaired) electrons. The largest absolute Gasteiger partial charge is 0.365 e. The van der Waals surface area contributed by atoms with E-state index in [2.05, 4.69) is 15.1 Å².